The molecular weight excluding hydrogens is 330 g/mol. The Bertz CT molecular complexity index is 987. The maximum Gasteiger partial charge on any atom is 0.276 e. The number of amides is 1. The zero-order valence-electron chi connectivity index (χ0n) is 14.4. The van der Waals surface area contributed by atoms with Crippen molar-refractivity contribution in [3.63, 3.8) is 0 Å². The van der Waals surface area contributed by atoms with E-state index in [1.165, 1.54) is 0 Å². The molecule has 1 N–H and O–H groups in total. The van der Waals surface area contributed by atoms with E-state index in [1.54, 1.807) is 41.0 Å². The molecule has 0 spiro atoms. The normalized spacial score (nSPS) is 13.3. The number of carbonyl (C=O) groups excluding carboxylic acids is 1. The molecular formula is C20H19N3O3. The molecule has 6 heteroatoms. The first-order valence-electron chi connectivity index (χ1n) is 8.49. The lowest BCUT2D eigenvalue weighted by atomic mass is 10.1. The van der Waals surface area contributed by atoms with Gasteiger partial charge in [0.1, 0.15) is 5.75 Å². The lowest BCUT2D eigenvalue weighted by Crippen LogP contribution is -2.37. The Morgan fingerprint density at radius 2 is 1.81 bits per heavy atom. The average Bonchev–Trinajstić information content (AvgIpc) is 3.04. The molecule has 1 aliphatic heterocycles. The SMILES string of the molecule is COc1ccc(C(=O)N2CCc3[nH]n(-c4ccccc4)c(=O)c3C2)cc1. The number of para-hydroxylation sites is 1. The maximum absolute atomic E-state index is 12.8. The number of benzene rings is 2. The molecule has 0 radical (unpaired) electrons. The number of hydrogen-bond acceptors (Lipinski definition) is 3. The average molecular weight is 349 g/mol. The number of hydrogen-bond donors (Lipinski definition) is 1. The molecule has 0 saturated heterocycles. The van der Waals surface area contributed by atoms with E-state index in [1.807, 2.05) is 30.3 Å². The summed E-state index contributed by atoms with van der Waals surface area (Å²) in [6.45, 7) is 0.891. The molecule has 132 valence electrons. The molecule has 4 rings (SSSR count). The van der Waals surface area contributed by atoms with Gasteiger partial charge in [-0.3, -0.25) is 14.7 Å². The third kappa shape index (κ3) is 2.79. The van der Waals surface area contributed by atoms with Crippen LogP contribution in [0.4, 0.5) is 0 Å². The van der Waals surface area contributed by atoms with Crippen LogP contribution in [0.3, 0.4) is 0 Å². The van der Waals surface area contributed by atoms with Gasteiger partial charge in [-0.15, -0.1) is 0 Å². The Labute approximate surface area is 150 Å². The van der Waals surface area contributed by atoms with Crippen LogP contribution >= 0.6 is 0 Å². The summed E-state index contributed by atoms with van der Waals surface area (Å²) in [6.07, 6.45) is 0.631. The highest BCUT2D eigenvalue weighted by Gasteiger charge is 2.26. The molecule has 1 amide bonds. The Morgan fingerprint density at radius 1 is 1.08 bits per heavy atom. The first kappa shape index (κ1) is 16.2. The van der Waals surface area contributed by atoms with E-state index >= 15 is 0 Å². The van der Waals surface area contributed by atoms with E-state index in [2.05, 4.69) is 5.10 Å². The van der Waals surface area contributed by atoms with Crippen LogP contribution in [0.15, 0.2) is 59.4 Å². The quantitative estimate of drug-likeness (QED) is 0.789. The summed E-state index contributed by atoms with van der Waals surface area (Å²) in [5.41, 5.74) is 2.84. The highest BCUT2D eigenvalue weighted by Crippen LogP contribution is 2.19. The van der Waals surface area contributed by atoms with Gasteiger partial charge in [0.05, 0.1) is 24.9 Å². The van der Waals surface area contributed by atoms with Crippen LogP contribution in [0.1, 0.15) is 21.6 Å². The van der Waals surface area contributed by atoms with Gasteiger partial charge in [-0.1, -0.05) is 18.2 Å². The van der Waals surface area contributed by atoms with Crippen LogP contribution in [-0.4, -0.2) is 34.2 Å². The number of carbonyl (C=O) groups is 1. The minimum absolute atomic E-state index is 0.0786. The Kier molecular flexibility index (Phi) is 4.08. The molecule has 0 bridgehead atoms. The van der Waals surface area contributed by atoms with E-state index < -0.39 is 0 Å². The Morgan fingerprint density at radius 3 is 2.50 bits per heavy atom. The second-order valence-corrected chi connectivity index (χ2v) is 6.25. The van der Waals surface area contributed by atoms with Gasteiger partial charge >= 0.3 is 0 Å². The van der Waals surface area contributed by atoms with Gasteiger partial charge in [0.2, 0.25) is 0 Å². The smallest absolute Gasteiger partial charge is 0.276 e. The Hall–Kier alpha value is -3.28. The maximum atomic E-state index is 12.8. The molecule has 1 aliphatic rings. The molecule has 0 fully saturated rings. The molecule has 0 atom stereocenters. The number of rotatable bonds is 3. The van der Waals surface area contributed by atoms with E-state index in [0.717, 1.165) is 11.4 Å². The van der Waals surface area contributed by atoms with Gasteiger partial charge in [-0.05, 0) is 36.4 Å². The number of nitrogens with one attached hydrogen (secondary N) is 1. The minimum Gasteiger partial charge on any atom is -0.497 e. The second kappa shape index (κ2) is 6.55. The number of aromatic nitrogens is 2. The summed E-state index contributed by atoms with van der Waals surface area (Å²) in [5.74, 6) is 0.629. The molecule has 2 aromatic carbocycles. The molecule has 0 saturated carbocycles. The predicted octanol–water partition coefficient (Wildman–Crippen LogP) is 2.37. The first-order valence-corrected chi connectivity index (χ1v) is 8.49. The molecule has 0 unspecified atom stereocenters. The molecule has 2 heterocycles. The number of fused-ring (bicyclic) bond motifs is 1. The van der Waals surface area contributed by atoms with Gasteiger partial charge in [0.15, 0.2) is 0 Å². The fraction of sp³-hybridized carbons (Fsp3) is 0.200. The summed E-state index contributed by atoms with van der Waals surface area (Å²) < 4.78 is 6.68. The van der Waals surface area contributed by atoms with Crippen molar-refractivity contribution in [1.29, 1.82) is 0 Å². The lowest BCUT2D eigenvalue weighted by molar-refractivity contribution is 0.0734. The zero-order chi connectivity index (χ0) is 18.1. The number of ether oxygens (including phenoxy) is 1. The first-order chi connectivity index (χ1) is 12.7. The van der Waals surface area contributed by atoms with Crippen LogP contribution in [0.25, 0.3) is 5.69 Å². The minimum atomic E-state index is -0.0987. The van der Waals surface area contributed by atoms with Crippen LogP contribution in [0, 0.1) is 0 Å². The fourth-order valence-electron chi connectivity index (χ4n) is 3.25. The lowest BCUT2D eigenvalue weighted by Gasteiger charge is -2.26. The second-order valence-electron chi connectivity index (χ2n) is 6.25. The van der Waals surface area contributed by atoms with Crippen molar-refractivity contribution >= 4 is 5.91 Å². The number of aromatic amines is 1. The van der Waals surface area contributed by atoms with E-state index in [4.69, 9.17) is 4.74 Å². The van der Waals surface area contributed by atoms with Crippen molar-refractivity contribution in [2.45, 2.75) is 13.0 Å². The molecule has 26 heavy (non-hydrogen) atoms. The number of methoxy groups -OCH3 is 1. The van der Waals surface area contributed by atoms with Gasteiger partial charge in [-0.25, -0.2) is 4.68 Å². The highest BCUT2D eigenvalue weighted by atomic mass is 16.5. The fourth-order valence-corrected chi connectivity index (χ4v) is 3.25. The molecule has 6 nitrogen and oxygen atoms in total. The van der Waals surface area contributed by atoms with Crippen LogP contribution in [-0.2, 0) is 13.0 Å². The van der Waals surface area contributed by atoms with Crippen LogP contribution in [0.5, 0.6) is 5.75 Å². The number of H-pyrrole nitrogens is 1. The molecule has 1 aromatic heterocycles. The topological polar surface area (TPSA) is 67.3 Å². The zero-order valence-corrected chi connectivity index (χ0v) is 14.4. The largest absolute Gasteiger partial charge is 0.497 e. The third-order valence-electron chi connectivity index (χ3n) is 4.69. The monoisotopic (exact) mass is 349 g/mol. The van der Waals surface area contributed by atoms with Crippen molar-refractivity contribution in [1.82, 2.24) is 14.7 Å². The van der Waals surface area contributed by atoms with Crippen molar-refractivity contribution in [3.8, 4) is 11.4 Å². The summed E-state index contributed by atoms with van der Waals surface area (Å²) in [6, 6.07) is 16.5. The standard InChI is InChI=1S/C20H19N3O3/c1-26-16-9-7-14(8-10-16)19(24)22-12-11-18-17(13-22)20(25)23(21-18)15-5-3-2-4-6-15/h2-10,21H,11-13H2,1H3. The molecule has 0 aliphatic carbocycles. The van der Waals surface area contributed by atoms with Crippen molar-refractivity contribution < 1.29 is 9.53 Å². The van der Waals surface area contributed by atoms with Gasteiger partial charge in [-0.2, -0.15) is 0 Å². The van der Waals surface area contributed by atoms with E-state index in [-0.39, 0.29) is 11.5 Å². The van der Waals surface area contributed by atoms with Gasteiger partial charge in [0, 0.05) is 24.2 Å². The van der Waals surface area contributed by atoms with Crippen molar-refractivity contribution in [2.75, 3.05) is 13.7 Å². The third-order valence-corrected chi connectivity index (χ3v) is 4.69. The molecule has 3 aromatic rings. The Balaban J connectivity index is 1.60. The predicted molar refractivity (Wildman–Crippen MR) is 97.8 cm³/mol. The van der Waals surface area contributed by atoms with Crippen LogP contribution in [0.2, 0.25) is 0 Å². The van der Waals surface area contributed by atoms with Crippen molar-refractivity contribution in [2.24, 2.45) is 0 Å². The summed E-state index contributed by atoms with van der Waals surface area (Å²) in [7, 11) is 1.59. The number of nitrogens with zero attached hydrogens (tertiary/aromatic N) is 2. The van der Waals surface area contributed by atoms with Gasteiger partial charge < -0.3 is 9.64 Å². The van der Waals surface area contributed by atoms with Gasteiger partial charge in [0.25, 0.3) is 11.5 Å². The summed E-state index contributed by atoms with van der Waals surface area (Å²) in [5, 5.41) is 3.18. The van der Waals surface area contributed by atoms with E-state index in [0.29, 0.717) is 36.4 Å². The summed E-state index contributed by atoms with van der Waals surface area (Å²) >= 11 is 0. The van der Waals surface area contributed by atoms with E-state index in [9.17, 15) is 9.59 Å². The highest BCUT2D eigenvalue weighted by molar-refractivity contribution is 5.94. The van der Waals surface area contributed by atoms with Crippen molar-refractivity contribution in [3.05, 3.63) is 81.8 Å². The summed E-state index contributed by atoms with van der Waals surface area (Å²) in [4.78, 5) is 27.3. The van der Waals surface area contributed by atoms with Crippen LogP contribution < -0.4 is 10.3 Å².